The minimum atomic E-state index is -1.25. The maximum Gasteiger partial charge on any atom is 0.326 e. The van der Waals surface area contributed by atoms with E-state index in [-0.39, 0.29) is 37.4 Å². The predicted octanol–water partition coefficient (Wildman–Crippen LogP) is -4.27. The maximum absolute atomic E-state index is 13.1. The Hall–Kier alpha value is -5.01. The Morgan fingerprint density at radius 2 is 1.49 bits per heavy atom. The number of rotatable bonds is 19. The molecule has 12 N–H and O–H groups in total. The maximum atomic E-state index is 13.1. The molecule has 7 amide bonds. The number of hydrogen-bond acceptors (Lipinski definition) is 10. The summed E-state index contributed by atoms with van der Waals surface area (Å²) >= 11 is 0. The number of nitrogens with zero attached hydrogens (tertiary/aromatic N) is 2. The molecule has 0 radical (unpaired) electrons. The zero-order valence-electron chi connectivity index (χ0n) is 29.6. The van der Waals surface area contributed by atoms with Gasteiger partial charge in [0.15, 0.2) is 5.96 Å². The van der Waals surface area contributed by atoms with E-state index in [9.17, 15) is 43.5 Å². The molecule has 0 saturated carbocycles. The Morgan fingerprint density at radius 1 is 0.824 bits per heavy atom. The number of carbonyl (C=O) groups is 8. The highest BCUT2D eigenvalue weighted by Gasteiger charge is 2.36. The molecule has 2 fully saturated rings. The quantitative estimate of drug-likeness (QED) is 0.0344. The summed E-state index contributed by atoms with van der Waals surface area (Å²) in [6, 6.07) is -5.58. The van der Waals surface area contributed by atoms with Crippen molar-refractivity contribution in [3.8, 4) is 0 Å². The van der Waals surface area contributed by atoms with Gasteiger partial charge in [-0.05, 0) is 64.8 Å². The summed E-state index contributed by atoms with van der Waals surface area (Å²) in [5.74, 6) is -5.94. The van der Waals surface area contributed by atoms with Gasteiger partial charge < -0.3 is 58.7 Å². The van der Waals surface area contributed by atoms with Crippen LogP contribution in [0.25, 0.3) is 0 Å². The van der Waals surface area contributed by atoms with Crippen molar-refractivity contribution in [3.63, 3.8) is 0 Å². The number of nitrogens with one attached hydrogen (secondary N) is 7. The first-order valence-electron chi connectivity index (χ1n) is 17.1. The van der Waals surface area contributed by atoms with Gasteiger partial charge in [0, 0.05) is 13.1 Å². The molecule has 0 aliphatic carbocycles. The minimum absolute atomic E-state index is 0.0640. The van der Waals surface area contributed by atoms with Crippen molar-refractivity contribution < 1.29 is 43.5 Å². The zero-order chi connectivity index (χ0) is 38.2. The van der Waals surface area contributed by atoms with E-state index >= 15 is 0 Å². The van der Waals surface area contributed by atoms with Gasteiger partial charge in [-0.3, -0.25) is 38.6 Å². The number of nitrogens with two attached hydrogens (primary N) is 2. The molecule has 2 heterocycles. The largest absolute Gasteiger partial charge is 0.480 e. The molecule has 6 atom stereocenters. The first-order valence-corrected chi connectivity index (χ1v) is 17.1. The molecule has 2 aliphatic rings. The topological polar surface area (TPSA) is 309 Å². The second-order valence-electron chi connectivity index (χ2n) is 12.9. The lowest BCUT2D eigenvalue weighted by atomic mass is 10.0. The van der Waals surface area contributed by atoms with E-state index in [2.05, 4.69) is 42.2 Å². The average molecular weight is 724 g/mol. The number of aliphatic carboxylic acids is 1. The molecule has 0 bridgehead atoms. The monoisotopic (exact) mass is 723 g/mol. The van der Waals surface area contributed by atoms with Crippen molar-refractivity contribution in [2.75, 3.05) is 32.7 Å². The van der Waals surface area contributed by atoms with Crippen molar-refractivity contribution in [3.05, 3.63) is 0 Å². The molecule has 2 aliphatic heterocycles. The third-order valence-corrected chi connectivity index (χ3v) is 8.42. The van der Waals surface area contributed by atoms with Crippen LogP contribution < -0.4 is 48.7 Å². The van der Waals surface area contributed by atoms with E-state index in [4.69, 9.17) is 11.5 Å². The molecule has 0 unspecified atom stereocenters. The van der Waals surface area contributed by atoms with E-state index in [1.165, 1.54) is 18.7 Å². The van der Waals surface area contributed by atoms with Crippen molar-refractivity contribution in [1.29, 1.82) is 0 Å². The van der Waals surface area contributed by atoms with Crippen LogP contribution in [-0.4, -0.2) is 132 Å². The number of carboxylic acids is 1. The molecule has 286 valence electrons. The molecule has 51 heavy (non-hydrogen) atoms. The van der Waals surface area contributed by atoms with Gasteiger partial charge in [0.25, 0.3) is 0 Å². The summed E-state index contributed by atoms with van der Waals surface area (Å²) in [7, 11) is 0. The Kier molecular flexibility index (Phi) is 17.0. The van der Waals surface area contributed by atoms with Crippen molar-refractivity contribution >= 4 is 53.3 Å². The fourth-order valence-electron chi connectivity index (χ4n) is 5.52. The van der Waals surface area contributed by atoms with E-state index in [0.29, 0.717) is 25.7 Å². The fourth-order valence-corrected chi connectivity index (χ4v) is 5.52. The Morgan fingerprint density at radius 3 is 2.10 bits per heavy atom. The highest BCUT2D eigenvalue weighted by Crippen LogP contribution is 2.18. The molecule has 0 aromatic carbocycles. The average Bonchev–Trinajstić information content (AvgIpc) is 3.79. The van der Waals surface area contributed by atoms with E-state index in [1.807, 2.05) is 0 Å². The second-order valence-corrected chi connectivity index (χ2v) is 12.9. The van der Waals surface area contributed by atoms with Crippen LogP contribution in [0.5, 0.6) is 0 Å². The summed E-state index contributed by atoms with van der Waals surface area (Å²) in [6.07, 6.45) is 2.68. The predicted molar refractivity (Wildman–Crippen MR) is 183 cm³/mol. The van der Waals surface area contributed by atoms with Crippen LogP contribution in [0.2, 0.25) is 0 Å². The fraction of sp³-hybridized carbons (Fsp3) is 0.710. The summed E-state index contributed by atoms with van der Waals surface area (Å²) < 4.78 is 0. The van der Waals surface area contributed by atoms with Gasteiger partial charge in [-0.25, -0.2) is 4.79 Å². The SMILES string of the molecule is CC(C)[C@H](NC(=O)[C@H](C)NC(=O)CNC(=O)[C@H](C)NC(=O)[C@@H]1CCCN1)C(=O)NCC(=O)N1CCC[C@H]1C(=O)N[C@@H](CCCN=C(N)N)C(=O)O. The molecule has 20 heteroatoms. The third-order valence-electron chi connectivity index (χ3n) is 8.42. The summed E-state index contributed by atoms with van der Waals surface area (Å²) in [5, 5.41) is 27.5. The number of aliphatic imine (C=N–C) groups is 1. The Labute approximate surface area is 296 Å². The molecule has 2 rings (SSSR count). The summed E-state index contributed by atoms with van der Waals surface area (Å²) in [5.41, 5.74) is 10.5. The van der Waals surface area contributed by atoms with Gasteiger partial charge in [-0.15, -0.1) is 0 Å². The van der Waals surface area contributed by atoms with Crippen molar-refractivity contribution in [2.45, 2.75) is 102 Å². The first kappa shape index (κ1) is 42.2. The normalized spacial score (nSPS) is 19.1. The molecule has 2 saturated heterocycles. The molecule has 20 nitrogen and oxygen atoms in total. The van der Waals surface area contributed by atoms with Gasteiger partial charge in [0.1, 0.15) is 30.2 Å². The van der Waals surface area contributed by atoms with Crippen LogP contribution in [0.4, 0.5) is 0 Å². The Balaban J connectivity index is 1.83. The third kappa shape index (κ3) is 14.0. The van der Waals surface area contributed by atoms with E-state index in [0.717, 1.165) is 13.0 Å². The lowest BCUT2D eigenvalue weighted by Crippen LogP contribution is -2.57. The van der Waals surface area contributed by atoms with Crippen LogP contribution in [-0.2, 0) is 38.4 Å². The van der Waals surface area contributed by atoms with E-state index < -0.39 is 90.6 Å². The summed E-state index contributed by atoms with van der Waals surface area (Å²) in [4.78, 5) is 106. The van der Waals surface area contributed by atoms with Gasteiger partial charge in [0.2, 0.25) is 41.4 Å². The highest BCUT2D eigenvalue weighted by atomic mass is 16.4. The van der Waals surface area contributed by atoms with Crippen LogP contribution >= 0.6 is 0 Å². The lowest BCUT2D eigenvalue weighted by molar-refractivity contribution is -0.144. The zero-order valence-corrected chi connectivity index (χ0v) is 29.6. The molecule has 0 aromatic rings. The van der Waals surface area contributed by atoms with Crippen LogP contribution in [0, 0.1) is 5.92 Å². The van der Waals surface area contributed by atoms with Crippen LogP contribution in [0.1, 0.15) is 66.2 Å². The minimum Gasteiger partial charge on any atom is -0.480 e. The summed E-state index contributed by atoms with van der Waals surface area (Å²) in [6.45, 7) is 6.41. The van der Waals surface area contributed by atoms with Gasteiger partial charge in [-0.2, -0.15) is 0 Å². The molecular formula is C31H53N11O9. The first-order chi connectivity index (χ1) is 24.0. The van der Waals surface area contributed by atoms with Gasteiger partial charge in [-0.1, -0.05) is 13.8 Å². The number of carboxylic acid groups (broad SMARTS) is 1. The van der Waals surface area contributed by atoms with Gasteiger partial charge in [0.05, 0.1) is 19.1 Å². The van der Waals surface area contributed by atoms with Gasteiger partial charge >= 0.3 is 5.97 Å². The number of amides is 7. The molecular weight excluding hydrogens is 670 g/mol. The van der Waals surface area contributed by atoms with Crippen molar-refractivity contribution in [2.24, 2.45) is 22.4 Å². The molecule has 0 spiro atoms. The molecule has 0 aromatic heterocycles. The van der Waals surface area contributed by atoms with Crippen molar-refractivity contribution in [1.82, 2.24) is 42.1 Å². The number of likely N-dealkylation sites (tertiary alicyclic amines) is 1. The number of guanidine groups is 1. The Bertz CT molecular complexity index is 1320. The van der Waals surface area contributed by atoms with Crippen LogP contribution in [0.3, 0.4) is 0 Å². The standard InChI is InChI=1S/C31H53N11O9/c1-16(2)24(41-26(46)18(4)38-22(43)14-36-25(45)17(3)39-27(47)19-8-5-11-34-19)29(49)37-15-23(44)42-13-7-10-21(42)28(48)40-20(30(50)51)9-6-12-35-31(32)33/h16-21,24,34H,5-15H2,1-4H3,(H,36,45)(H,37,49)(H,38,43)(H,39,47)(H,40,48)(H,41,46)(H,50,51)(H4,32,33,35)/t17-,18-,19-,20-,21-,24-/m0/s1. The number of carbonyl (C=O) groups excluding carboxylic acids is 7. The lowest BCUT2D eigenvalue weighted by Gasteiger charge is -2.27. The highest BCUT2D eigenvalue weighted by molar-refractivity contribution is 5.96. The van der Waals surface area contributed by atoms with Crippen LogP contribution in [0.15, 0.2) is 4.99 Å². The second kappa shape index (κ2) is 20.6. The smallest absolute Gasteiger partial charge is 0.326 e. The number of hydrogen-bond donors (Lipinski definition) is 10. The van der Waals surface area contributed by atoms with E-state index in [1.54, 1.807) is 13.8 Å².